The molecule has 3 aliphatic carbocycles. The van der Waals surface area contributed by atoms with Gasteiger partial charge in [0.2, 0.25) is 0 Å². The standard InChI is InChI=1S/C16H29N/c1-3-11-6-4-5-7-15(11)16(17-2)14-9-12-8-13(12)10-14/h11-17H,3-10H2,1-2H3. The molecule has 0 saturated heterocycles. The van der Waals surface area contributed by atoms with Crippen LogP contribution < -0.4 is 5.32 Å². The van der Waals surface area contributed by atoms with Crippen LogP contribution in [0.1, 0.15) is 58.3 Å². The van der Waals surface area contributed by atoms with Crippen molar-refractivity contribution in [3.05, 3.63) is 0 Å². The maximum atomic E-state index is 3.72. The summed E-state index contributed by atoms with van der Waals surface area (Å²) < 4.78 is 0. The van der Waals surface area contributed by atoms with Crippen molar-refractivity contribution in [2.45, 2.75) is 64.3 Å². The Hall–Kier alpha value is -0.0400. The Morgan fingerprint density at radius 1 is 1.06 bits per heavy atom. The van der Waals surface area contributed by atoms with E-state index in [4.69, 9.17) is 0 Å². The van der Waals surface area contributed by atoms with E-state index >= 15 is 0 Å². The molecule has 17 heavy (non-hydrogen) atoms. The van der Waals surface area contributed by atoms with E-state index in [2.05, 4.69) is 19.3 Å². The fourth-order valence-corrected chi connectivity index (χ4v) is 5.07. The minimum absolute atomic E-state index is 0.841. The van der Waals surface area contributed by atoms with Gasteiger partial charge in [0.15, 0.2) is 0 Å². The molecule has 1 nitrogen and oxygen atoms in total. The molecule has 5 atom stereocenters. The SMILES string of the molecule is CCC1CCCCC1C(NC)C1CC2CC2C1. The van der Waals surface area contributed by atoms with E-state index < -0.39 is 0 Å². The van der Waals surface area contributed by atoms with E-state index in [9.17, 15) is 0 Å². The summed E-state index contributed by atoms with van der Waals surface area (Å²) in [6, 6.07) is 0.841. The van der Waals surface area contributed by atoms with Crippen LogP contribution in [-0.4, -0.2) is 13.1 Å². The van der Waals surface area contributed by atoms with Crippen molar-refractivity contribution in [2.75, 3.05) is 7.05 Å². The maximum absolute atomic E-state index is 3.72. The predicted octanol–water partition coefficient (Wildman–Crippen LogP) is 3.84. The normalized spacial score (nSPS) is 46.6. The minimum Gasteiger partial charge on any atom is -0.316 e. The lowest BCUT2D eigenvalue weighted by Gasteiger charge is -2.40. The van der Waals surface area contributed by atoms with Crippen molar-refractivity contribution in [3.63, 3.8) is 0 Å². The van der Waals surface area contributed by atoms with Crippen LogP contribution in [0.15, 0.2) is 0 Å². The molecule has 0 bridgehead atoms. The monoisotopic (exact) mass is 235 g/mol. The van der Waals surface area contributed by atoms with Gasteiger partial charge in [-0.1, -0.05) is 32.6 Å². The zero-order chi connectivity index (χ0) is 11.8. The molecule has 0 radical (unpaired) electrons. The van der Waals surface area contributed by atoms with Crippen LogP contribution in [0.4, 0.5) is 0 Å². The topological polar surface area (TPSA) is 12.0 Å². The van der Waals surface area contributed by atoms with Crippen LogP contribution in [0.3, 0.4) is 0 Å². The van der Waals surface area contributed by atoms with Gasteiger partial charge in [0.25, 0.3) is 0 Å². The molecular formula is C16H29N. The zero-order valence-electron chi connectivity index (χ0n) is 11.6. The first-order valence-corrected chi connectivity index (χ1v) is 8.00. The highest BCUT2D eigenvalue weighted by Crippen LogP contribution is 2.56. The molecule has 3 saturated carbocycles. The van der Waals surface area contributed by atoms with E-state index in [1.165, 1.54) is 32.1 Å². The van der Waals surface area contributed by atoms with E-state index in [1.807, 2.05) is 0 Å². The highest BCUT2D eigenvalue weighted by molar-refractivity contribution is 5.01. The lowest BCUT2D eigenvalue weighted by molar-refractivity contribution is 0.138. The van der Waals surface area contributed by atoms with Crippen molar-refractivity contribution < 1.29 is 0 Å². The average Bonchev–Trinajstić information content (AvgIpc) is 2.98. The van der Waals surface area contributed by atoms with Crippen LogP contribution >= 0.6 is 0 Å². The molecule has 0 aliphatic heterocycles. The van der Waals surface area contributed by atoms with Crippen LogP contribution in [0.25, 0.3) is 0 Å². The molecule has 0 aromatic heterocycles. The number of fused-ring (bicyclic) bond motifs is 1. The molecule has 3 rings (SSSR count). The molecule has 1 heteroatoms. The summed E-state index contributed by atoms with van der Waals surface area (Å²) in [7, 11) is 2.22. The summed E-state index contributed by atoms with van der Waals surface area (Å²) in [5.74, 6) is 5.29. The lowest BCUT2D eigenvalue weighted by Crippen LogP contribution is -2.44. The van der Waals surface area contributed by atoms with Gasteiger partial charge in [0.05, 0.1) is 0 Å². The molecule has 5 unspecified atom stereocenters. The number of hydrogen-bond acceptors (Lipinski definition) is 1. The lowest BCUT2D eigenvalue weighted by atomic mass is 9.70. The van der Waals surface area contributed by atoms with Crippen LogP contribution in [0, 0.1) is 29.6 Å². The summed E-state index contributed by atoms with van der Waals surface area (Å²) in [6.07, 6.45) is 12.0. The Balaban J connectivity index is 1.65. The second-order valence-corrected chi connectivity index (χ2v) is 6.92. The summed E-state index contributed by atoms with van der Waals surface area (Å²) in [4.78, 5) is 0. The largest absolute Gasteiger partial charge is 0.316 e. The van der Waals surface area contributed by atoms with E-state index in [0.29, 0.717) is 0 Å². The Bertz CT molecular complexity index is 252. The third kappa shape index (κ3) is 2.28. The van der Waals surface area contributed by atoms with Crippen LogP contribution in [0.2, 0.25) is 0 Å². The molecule has 0 aromatic carbocycles. The Kier molecular flexibility index (Phi) is 3.47. The van der Waals surface area contributed by atoms with Crippen molar-refractivity contribution in [1.29, 1.82) is 0 Å². The summed E-state index contributed by atoms with van der Waals surface area (Å²) in [5.41, 5.74) is 0. The van der Waals surface area contributed by atoms with Crippen LogP contribution in [0.5, 0.6) is 0 Å². The van der Waals surface area contributed by atoms with Crippen LogP contribution in [-0.2, 0) is 0 Å². The average molecular weight is 235 g/mol. The van der Waals surface area contributed by atoms with Gasteiger partial charge in [-0.05, 0) is 62.3 Å². The van der Waals surface area contributed by atoms with Crippen molar-refractivity contribution in [2.24, 2.45) is 29.6 Å². The van der Waals surface area contributed by atoms with Gasteiger partial charge in [-0.2, -0.15) is 0 Å². The zero-order valence-corrected chi connectivity index (χ0v) is 11.6. The quantitative estimate of drug-likeness (QED) is 0.781. The maximum Gasteiger partial charge on any atom is 0.0123 e. The van der Waals surface area contributed by atoms with Gasteiger partial charge in [-0.3, -0.25) is 0 Å². The summed E-state index contributed by atoms with van der Waals surface area (Å²) >= 11 is 0. The molecule has 3 fully saturated rings. The molecule has 98 valence electrons. The van der Waals surface area contributed by atoms with Gasteiger partial charge in [-0.15, -0.1) is 0 Å². The number of hydrogen-bond donors (Lipinski definition) is 1. The first-order chi connectivity index (χ1) is 8.33. The van der Waals surface area contributed by atoms with E-state index in [1.54, 1.807) is 19.3 Å². The molecule has 0 heterocycles. The van der Waals surface area contributed by atoms with Gasteiger partial charge in [0, 0.05) is 6.04 Å². The highest BCUT2D eigenvalue weighted by atomic mass is 14.9. The molecule has 1 N–H and O–H groups in total. The molecular weight excluding hydrogens is 206 g/mol. The fraction of sp³-hybridized carbons (Fsp3) is 1.00. The first kappa shape index (κ1) is 12.0. The molecule has 0 aromatic rings. The fourth-order valence-electron chi connectivity index (χ4n) is 5.07. The third-order valence-corrected chi connectivity index (χ3v) is 6.07. The van der Waals surface area contributed by atoms with Gasteiger partial charge >= 0.3 is 0 Å². The van der Waals surface area contributed by atoms with E-state index in [-0.39, 0.29) is 0 Å². The predicted molar refractivity (Wildman–Crippen MR) is 72.9 cm³/mol. The highest BCUT2D eigenvalue weighted by Gasteiger charge is 2.49. The van der Waals surface area contributed by atoms with Crippen molar-refractivity contribution in [3.8, 4) is 0 Å². The smallest absolute Gasteiger partial charge is 0.0123 e. The van der Waals surface area contributed by atoms with Gasteiger partial charge in [0.1, 0.15) is 0 Å². The molecule has 0 spiro atoms. The summed E-state index contributed by atoms with van der Waals surface area (Å²) in [6.45, 7) is 2.40. The molecule has 3 aliphatic rings. The molecule has 0 amide bonds. The van der Waals surface area contributed by atoms with E-state index in [0.717, 1.165) is 35.6 Å². The van der Waals surface area contributed by atoms with Crippen molar-refractivity contribution in [1.82, 2.24) is 5.32 Å². The van der Waals surface area contributed by atoms with Gasteiger partial charge < -0.3 is 5.32 Å². The second-order valence-electron chi connectivity index (χ2n) is 6.92. The Morgan fingerprint density at radius 3 is 2.41 bits per heavy atom. The van der Waals surface area contributed by atoms with Gasteiger partial charge in [-0.25, -0.2) is 0 Å². The first-order valence-electron chi connectivity index (χ1n) is 8.00. The second kappa shape index (κ2) is 4.91. The third-order valence-electron chi connectivity index (χ3n) is 6.07. The van der Waals surface area contributed by atoms with Crippen molar-refractivity contribution >= 4 is 0 Å². The number of rotatable bonds is 4. The Morgan fingerprint density at radius 2 is 1.76 bits per heavy atom. The number of nitrogens with one attached hydrogen (secondary N) is 1. The Labute approximate surface area is 107 Å². The summed E-state index contributed by atoms with van der Waals surface area (Å²) in [5, 5.41) is 3.72. The minimum atomic E-state index is 0.841.